The maximum Gasteiger partial charge on any atom is 0.263 e. The van der Waals surface area contributed by atoms with E-state index in [4.69, 9.17) is 4.52 Å². The van der Waals surface area contributed by atoms with E-state index in [1.165, 1.54) is 0 Å². The van der Waals surface area contributed by atoms with Gasteiger partial charge in [0.05, 0.1) is 5.39 Å². The molecule has 0 unspecified atom stereocenters. The van der Waals surface area contributed by atoms with Gasteiger partial charge in [-0.1, -0.05) is 58.7 Å². The fraction of sp³-hybridized carbons (Fsp3) is 0.179. The Labute approximate surface area is 207 Å². The number of nitrogens with one attached hydrogen (secondary N) is 1. The van der Waals surface area contributed by atoms with E-state index in [2.05, 4.69) is 20.4 Å². The maximum absolute atomic E-state index is 13.3. The molecule has 180 valence electrons. The van der Waals surface area contributed by atoms with Crippen molar-refractivity contribution >= 4 is 16.9 Å². The molecule has 0 aliphatic rings. The number of hydrogen-bond donors (Lipinski definition) is 1. The summed E-state index contributed by atoms with van der Waals surface area (Å²) in [6.45, 7) is 6.21. The fourth-order valence-electron chi connectivity index (χ4n) is 3.98. The molecule has 1 amide bonds. The number of aromatic nitrogens is 4. The van der Waals surface area contributed by atoms with Crippen molar-refractivity contribution in [3.8, 4) is 22.8 Å². The number of nitrogens with zero attached hydrogens (tertiary/aromatic N) is 4. The average Bonchev–Trinajstić information content (AvgIpc) is 3.35. The highest BCUT2D eigenvalue weighted by atomic mass is 16.5. The third-order valence-corrected chi connectivity index (χ3v) is 5.92. The number of fused-ring (bicyclic) bond motifs is 1. The summed E-state index contributed by atoms with van der Waals surface area (Å²) >= 11 is 0. The number of amides is 1. The van der Waals surface area contributed by atoms with Crippen LogP contribution >= 0.6 is 0 Å². The topological polar surface area (TPSA) is 103 Å². The summed E-state index contributed by atoms with van der Waals surface area (Å²) in [6.07, 6.45) is 1.57. The Bertz CT molecular complexity index is 1630. The number of pyridine rings is 2. The summed E-state index contributed by atoms with van der Waals surface area (Å²) in [5.74, 6) is 0.270. The van der Waals surface area contributed by atoms with E-state index >= 15 is 0 Å². The molecule has 0 spiro atoms. The number of carbonyl (C=O) groups is 1. The van der Waals surface area contributed by atoms with Crippen LogP contribution in [0.15, 0.2) is 76.2 Å². The van der Waals surface area contributed by atoms with Crippen molar-refractivity contribution in [1.29, 1.82) is 0 Å². The lowest BCUT2D eigenvalue weighted by atomic mass is 10.1. The molecular formula is C28H25N5O3. The van der Waals surface area contributed by atoms with Gasteiger partial charge in [-0.05, 0) is 44.5 Å². The lowest BCUT2D eigenvalue weighted by molar-refractivity contribution is -0.121. The molecule has 0 atom stereocenters. The smallest absolute Gasteiger partial charge is 0.263 e. The van der Waals surface area contributed by atoms with Crippen LogP contribution in [-0.2, 0) is 17.9 Å². The summed E-state index contributed by atoms with van der Waals surface area (Å²) in [4.78, 5) is 35.2. The van der Waals surface area contributed by atoms with Gasteiger partial charge in [0.1, 0.15) is 17.8 Å². The minimum atomic E-state index is -0.284. The molecular weight excluding hydrogens is 454 g/mol. The molecule has 3 heterocycles. The van der Waals surface area contributed by atoms with Crippen LogP contribution in [0.5, 0.6) is 0 Å². The maximum atomic E-state index is 13.3. The predicted molar refractivity (Wildman–Crippen MR) is 137 cm³/mol. The van der Waals surface area contributed by atoms with Gasteiger partial charge in [-0.2, -0.15) is 4.98 Å². The molecule has 8 heteroatoms. The molecule has 5 rings (SSSR count). The molecule has 8 nitrogen and oxygen atoms in total. The number of carbonyl (C=O) groups excluding carboxylic acids is 1. The molecule has 2 aromatic carbocycles. The van der Waals surface area contributed by atoms with Crippen molar-refractivity contribution in [3.05, 3.63) is 99.5 Å². The molecule has 5 aromatic rings. The van der Waals surface area contributed by atoms with Crippen molar-refractivity contribution in [2.45, 2.75) is 33.9 Å². The second-order valence-electron chi connectivity index (χ2n) is 8.88. The second-order valence-corrected chi connectivity index (χ2v) is 8.88. The summed E-state index contributed by atoms with van der Waals surface area (Å²) < 4.78 is 7.13. The van der Waals surface area contributed by atoms with Crippen molar-refractivity contribution < 1.29 is 9.32 Å². The number of benzene rings is 2. The van der Waals surface area contributed by atoms with Crippen LogP contribution in [0.4, 0.5) is 0 Å². The molecule has 0 saturated heterocycles. The van der Waals surface area contributed by atoms with E-state index in [0.29, 0.717) is 23.4 Å². The van der Waals surface area contributed by atoms with Gasteiger partial charge in [-0.25, -0.2) is 4.98 Å². The van der Waals surface area contributed by atoms with Gasteiger partial charge in [-0.3, -0.25) is 9.59 Å². The zero-order valence-electron chi connectivity index (χ0n) is 20.3. The molecule has 0 aliphatic heterocycles. The lowest BCUT2D eigenvalue weighted by Crippen LogP contribution is -2.28. The quantitative estimate of drug-likeness (QED) is 0.388. The predicted octanol–water partition coefficient (Wildman–Crippen LogP) is 4.36. The van der Waals surface area contributed by atoms with E-state index in [9.17, 15) is 9.59 Å². The van der Waals surface area contributed by atoms with Gasteiger partial charge in [0.25, 0.3) is 5.89 Å². The zero-order valence-corrected chi connectivity index (χ0v) is 20.3. The monoisotopic (exact) mass is 479 g/mol. The van der Waals surface area contributed by atoms with Gasteiger partial charge >= 0.3 is 0 Å². The third kappa shape index (κ3) is 4.79. The van der Waals surface area contributed by atoms with Crippen LogP contribution in [0.25, 0.3) is 33.9 Å². The van der Waals surface area contributed by atoms with Crippen LogP contribution in [0.2, 0.25) is 0 Å². The van der Waals surface area contributed by atoms with E-state index < -0.39 is 0 Å². The number of aryl methyl sites for hydroxylation is 3. The van der Waals surface area contributed by atoms with Gasteiger partial charge < -0.3 is 14.4 Å². The molecule has 0 aliphatic carbocycles. The Morgan fingerprint density at radius 1 is 0.972 bits per heavy atom. The third-order valence-electron chi connectivity index (χ3n) is 5.92. The van der Waals surface area contributed by atoms with Crippen LogP contribution in [0.1, 0.15) is 22.4 Å². The van der Waals surface area contributed by atoms with Crippen LogP contribution in [-0.4, -0.2) is 25.6 Å². The lowest BCUT2D eigenvalue weighted by Gasteiger charge is -2.12. The average molecular weight is 480 g/mol. The molecule has 0 radical (unpaired) electrons. The second kappa shape index (κ2) is 9.58. The minimum absolute atomic E-state index is 0.0228. The van der Waals surface area contributed by atoms with E-state index in [1.54, 1.807) is 22.9 Å². The first-order chi connectivity index (χ1) is 17.4. The van der Waals surface area contributed by atoms with Gasteiger partial charge in [0.15, 0.2) is 0 Å². The summed E-state index contributed by atoms with van der Waals surface area (Å²) in [6, 6.07) is 19.2. The van der Waals surface area contributed by atoms with E-state index in [0.717, 1.165) is 27.9 Å². The van der Waals surface area contributed by atoms with Crippen molar-refractivity contribution in [3.63, 3.8) is 0 Å². The van der Waals surface area contributed by atoms with Crippen molar-refractivity contribution in [2.24, 2.45) is 0 Å². The highest BCUT2D eigenvalue weighted by Gasteiger charge is 2.19. The molecule has 36 heavy (non-hydrogen) atoms. The Morgan fingerprint density at radius 2 is 1.78 bits per heavy atom. The fourth-order valence-corrected chi connectivity index (χ4v) is 3.98. The Kier molecular flexibility index (Phi) is 6.16. The Hall–Kier alpha value is -4.59. The Morgan fingerprint density at radius 3 is 2.56 bits per heavy atom. The molecule has 0 saturated carbocycles. The number of hydrogen-bond acceptors (Lipinski definition) is 6. The zero-order chi connectivity index (χ0) is 25.2. The summed E-state index contributed by atoms with van der Waals surface area (Å²) in [7, 11) is 0. The first-order valence-corrected chi connectivity index (χ1v) is 11.6. The standard InChI is InChI=1S/C28H25N5O3/c1-17-7-10-20(11-8-17)14-29-24(34)16-33-15-23(25(35)22-12-9-19(3)30-27(22)33)28-31-26(32-36-28)21-6-4-5-18(2)13-21/h4-13,15H,14,16H2,1-3H3,(H,29,34). The highest BCUT2D eigenvalue weighted by Crippen LogP contribution is 2.23. The Balaban J connectivity index is 1.49. The van der Waals surface area contributed by atoms with E-state index in [1.807, 2.05) is 69.3 Å². The largest absolute Gasteiger partial charge is 0.350 e. The summed E-state index contributed by atoms with van der Waals surface area (Å²) in [5.41, 5.74) is 5.10. The minimum Gasteiger partial charge on any atom is -0.350 e. The molecule has 0 bridgehead atoms. The molecule has 1 N–H and O–H groups in total. The highest BCUT2D eigenvalue weighted by molar-refractivity contribution is 5.83. The van der Waals surface area contributed by atoms with Gasteiger partial charge in [0.2, 0.25) is 17.2 Å². The summed E-state index contributed by atoms with van der Waals surface area (Å²) in [5, 5.41) is 7.38. The van der Waals surface area contributed by atoms with E-state index in [-0.39, 0.29) is 29.3 Å². The van der Waals surface area contributed by atoms with Gasteiger partial charge in [0, 0.05) is 24.0 Å². The van der Waals surface area contributed by atoms with Crippen LogP contribution in [0.3, 0.4) is 0 Å². The van der Waals surface area contributed by atoms with Crippen LogP contribution in [0, 0.1) is 20.8 Å². The first-order valence-electron chi connectivity index (χ1n) is 11.6. The number of rotatable bonds is 6. The van der Waals surface area contributed by atoms with Gasteiger partial charge in [-0.15, -0.1) is 0 Å². The SMILES string of the molecule is Cc1ccc(CNC(=O)Cn2cc(-c3nc(-c4cccc(C)c4)no3)c(=O)c3ccc(C)nc32)cc1. The van der Waals surface area contributed by atoms with Crippen molar-refractivity contribution in [2.75, 3.05) is 0 Å². The molecule has 0 fully saturated rings. The first kappa shape index (κ1) is 23.2. The normalized spacial score (nSPS) is 11.1. The van der Waals surface area contributed by atoms with Crippen LogP contribution < -0.4 is 10.7 Å². The van der Waals surface area contributed by atoms with Crippen molar-refractivity contribution in [1.82, 2.24) is 25.0 Å². The molecule has 3 aromatic heterocycles.